The minimum Gasteiger partial charge on any atom is -0.312 e. The van der Waals surface area contributed by atoms with Crippen LogP contribution in [0.3, 0.4) is 0 Å². The van der Waals surface area contributed by atoms with Crippen molar-refractivity contribution in [3.8, 4) is 0 Å². The van der Waals surface area contributed by atoms with Gasteiger partial charge in [0.1, 0.15) is 11.6 Å². The normalized spacial score (nSPS) is 23.8. The number of amidine groups is 1. The SMILES string of the molecule is O=S1(=O)CC2N=C(SCc3ccc(F)cc3)N(c3ccccc3F)C2C1. The summed E-state index contributed by atoms with van der Waals surface area (Å²) in [7, 11) is -3.18. The van der Waals surface area contributed by atoms with Crippen molar-refractivity contribution in [2.75, 3.05) is 16.4 Å². The van der Waals surface area contributed by atoms with E-state index in [9.17, 15) is 17.2 Å². The molecular formula is C18H16F2N2O2S2. The third kappa shape index (κ3) is 3.35. The van der Waals surface area contributed by atoms with Gasteiger partial charge in [0, 0.05) is 5.75 Å². The van der Waals surface area contributed by atoms with Gasteiger partial charge in [-0.25, -0.2) is 17.2 Å². The molecule has 0 aliphatic carbocycles. The van der Waals surface area contributed by atoms with Crippen molar-refractivity contribution >= 4 is 32.5 Å². The van der Waals surface area contributed by atoms with Crippen LogP contribution in [-0.4, -0.2) is 37.2 Å². The van der Waals surface area contributed by atoms with Gasteiger partial charge in [-0.05, 0) is 29.8 Å². The van der Waals surface area contributed by atoms with Crippen molar-refractivity contribution in [1.29, 1.82) is 0 Å². The quantitative estimate of drug-likeness (QED) is 0.802. The minimum absolute atomic E-state index is 0.0107. The number of halogens is 2. The van der Waals surface area contributed by atoms with E-state index >= 15 is 0 Å². The molecule has 136 valence electrons. The fraction of sp³-hybridized carbons (Fsp3) is 0.278. The van der Waals surface area contributed by atoms with Crippen LogP contribution in [-0.2, 0) is 15.6 Å². The Balaban J connectivity index is 1.63. The Morgan fingerprint density at radius 1 is 1.08 bits per heavy atom. The monoisotopic (exact) mass is 394 g/mol. The van der Waals surface area contributed by atoms with E-state index in [-0.39, 0.29) is 29.4 Å². The maximum Gasteiger partial charge on any atom is 0.164 e. The minimum atomic E-state index is -3.18. The summed E-state index contributed by atoms with van der Waals surface area (Å²) in [6.45, 7) is 0. The maximum absolute atomic E-state index is 14.4. The van der Waals surface area contributed by atoms with Gasteiger partial charge < -0.3 is 4.90 Å². The Kier molecular flexibility index (Phi) is 4.48. The molecule has 0 N–H and O–H groups in total. The van der Waals surface area contributed by atoms with Crippen LogP contribution in [0, 0.1) is 11.6 Å². The van der Waals surface area contributed by atoms with E-state index in [4.69, 9.17) is 0 Å². The summed E-state index contributed by atoms with van der Waals surface area (Å²) in [5, 5.41) is 0.601. The van der Waals surface area contributed by atoms with E-state index in [0.717, 1.165) is 5.56 Å². The summed E-state index contributed by atoms with van der Waals surface area (Å²) in [4.78, 5) is 6.27. The number of sulfone groups is 1. The Labute approximate surface area is 154 Å². The Morgan fingerprint density at radius 3 is 2.54 bits per heavy atom. The van der Waals surface area contributed by atoms with Gasteiger partial charge in [-0.15, -0.1) is 0 Å². The zero-order valence-electron chi connectivity index (χ0n) is 13.7. The zero-order chi connectivity index (χ0) is 18.3. The van der Waals surface area contributed by atoms with Gasteiger partial charge in [0.05, 0.1) is 29.3 Å². The summed E-state index contributed by atoms with van der Waals surface area (Å²) in [5.74, 6) is -0.215. The molecule has 0 bridgehead atoms. The van der Waals surface area contributed by atoms with E-state index in [2.05, 4.69) is 4.99 Å². The highest BCUT2D eigenvalue weighted by molar-refractivity contribution is 8.13. The Bertz CT molecular complexity index is 961. The zero-order valence-corrected chi connectivity index (χ0v) is 15.3. The number of hydrogen-bond acceptors (Lipinski definition) is 5. The fourth-order valence-corrected chi connectivity index (χ4v) is 6.21. The number of rotatable bonds is 3. The van der Waals surface area contributed by atoms with E-state index in [1.165, 1.54) is 30.0 Å². The molecule has 8 heteroatoms. The number of aliphatic imine (C=N–C) groups is 1. The van der Waals surface area contributed by atoms with Gasteiger partial charge in [0.15, 0.2) is 15.0 Å². The molecule has 1 fully saturated rings. The topological polar surface area (TPSA) is 49.7 Å². The second kappa shape index (κ2) is 6.66. The van der Waals surface area contributed by atoms with Crippen LogP contribution >= 0.6 is 11.8 Å². The Morgan fingerprint density at radius 2 is 1.81 bits per heavy atom. The summed E-state index contributed by atoms with van der Waals surface area (Å²) in [5.41, 5.74) is 1.25. The molecule has 1 saturated heterocycles. The smallest absolute Gasteiger partial charge is 0.164 e. The standard InChI is InChI=1S/C18H16F2N2O2S2/c19-13-7-5-12(6-8-13)9-25-18-21-15-10-26(23,24)11-17(15)22(18)16-4-2-1-3-14(16)20/h1-8,15,17H,9-11H2. The molecule has 2 heterocycles. The molecule has 26 heavy (non-hydrogen) atoms. The van der Waals surface area contributed by atoms with Crippen LogP contribution in [0.15, 0.2) is 53.5 Å². The van der Waals surface area contributed by atoms with Crippen LogP contribution in [0.5, 0.6) is 0 Å². The number of thioether (sulfide) groups is 1. The maximum atomic E-state index is 14.4. The molecule has 2 aliphatic heterocycles. The number of para-hydroxylation sites is 1. The lowest BCUT2D eigenvalue weighted by molar-refractivity contribution is 0.600. The molecule has 0 spiro atoms. The number of fused-ring (bicyclic) bond motifs is 1. The van der Waals surface area contributed by atoms with Crippen LogP contribution in [0.25, 0.3) is 0 Å². The summed E-state index contributed by atoms with van der Waals surface area (Å²) < 4.78 is 51.4. The van der Waals surface area contributed by atoms with E-state index in [0.29, 0.717) is 16.6 Å². The molecule has 0 amide bonds. The first-order chi connectivity index (χ1) is 12.4. The molecule has 0 saturated carbocycles. The lowest BCUT2D eigenvalue weighted by Gasteiger charge is -2.26. The molecule has 0 aromatic heterocycles. The second-order valence-corrected chi connectivity index (χ2v) is 9.46. The van der Waals surface area contributed by atoms with Gasteiger partial charge in [-0.2, -0.15) is 0 Å². The summed E-state index contributed by atoms with van der Waals surface area (Å²) in [6.07, 6.45) is 0. The molecule has 2 aromatic rings. The van der Waals surface area contributed by atoms with Crippen LogP contribution < -0.4 is 4.90 Å². The molecule has 2 unspecified atom stereocenters. The largest absolute Gasteiger partial charge is 0.312 e. The predicted octanol–water partition coefficient (Wildman–Crippen LogP) is 3.24. The van der Waals surface area contributed by atoms with E-state index < -0.39 is 15.7 Å². The number of benzene rings is 2. The highest BCUT2D eigenvalue weighted by Gasteiger charge is 2.47. The van der Waals surface area contributed by atoms with Gasteiger partial charge >= 0.3 is 0 Å². The highest BCUT2D eigenvalue weighted by Crippen LogP contribution is 2.36. The number of anilines is 1. The van der Waals surface area contributed by atoms with Crippen molar-refractivity contribution in [1.82, 2.24) is 0 Å². The number of hydrogen-bond donors (Lipinski definition) is 0. The van der Waals surface area contributed by atoms with Crippen LogP contribution in [0.2, 0.25) is 0 Å². The first-order valence-electron chi connectivity index (χ1n) is 8.12. The van der Waals surface area contributed by atoms with Gasteiger partial charge in [0.25, 0.3) is 0 Å². The number of nitrogens with zero attached hydrogens (tertiary/aromatic N) is 2. The van der Waals surface area contributed by atoms with Crippen molar-refractivity contribution in [2.24, 2.45) is 4.99 Å². The molecule has 2 aliphatic rings. The van der Waals surface area contributed by atoms with Crippen LogP contribution in [0.1, 0.15) is 5.56 Å². The predicted molar refractivity (Wildman–Crippen MR) is 100 cm³/mol. The van der Waals surface area contributed by atoms with Crippen molar-refractivity contribution < 1.29 is 17.2 Å². The summed E-state index contributed by atoms with van der Waals surface area (Å²) >= 11 is 1.40. The average molecular weight is 394 g/mol. The van der Waals surface area contributed by atoms with Gasteiger partial charge in [0.2, 0.25) is 0 Å². The summed E-state index contributed by atoms with van der Waals surface area (Å²) in [6, 6.07) is 11.7. The molecular weight excluding hydrogens is 378 g/mol. The van der Waals surface area contributed by atoms with Crippen molar-refractivity contribution in [3.05, 3.63) is 65.7 Å². The molecule has 2 aromatic carbocycles. The lowest BCUT2D eigenvalue weighted by Crippen LogP contribution is -2.39. The van der Waals surface area contributed by atoms with Gasteiger partial charge in [-0.1, -0.05) is 36.0 Å². The van der Waals surface area contributed by atoms with Crippen molar-refractivity contribution in [2.45, 2.75) is 17.8 Å². The van der Waals surface area contributed by atoms with Crippen LogP contribution in [0.4, 0.5) is 14.5 Å². The molecule has 4 nitrogen and oxygen atoms in total. The van der Waals surface area contributed by atoms with E-state index in [1.807, 2.05) is 0 Å². The van der Waals surface area contributed by atoms with Crippen molar-refractivity contribution in [3.63, 3.8) is 0 Å². The fourth-order valence-electron chi connectivity index (χ4n) is 3.29. The highest BCUT2D eigenvalue weighted by atomic mass is 32.2. The molecule has 0 radical (unpaired) electrons. The average Bonchev–Trinajstić information content (AvgIpc) is 3.06. The molecule has 4 rings (SSSR count). The Hall–Kier alpha value is -1.93. The van der Waals surface area contributed by atoms with Gasteiger partial charge in [-0.3, -0.25) is 4.99 Å². The first kappa shape index (κ1) is 17.5. The first-order valence-corrected chi connectivity index (χ1v) is 10.9. The lowest BCUT2D eigenvalue weighted by atomic mass is 10.1. The second-order valence-electron chi connectivity index (χ2n) is 6.36. The van der Waals surface area contributed by atoms with E-state index in [1.54, 1.807) is 35.2 Å². The molecule has 2 atom stereocenters. The third-order valence-corrected chi connectivity index (χ3v) is 7.24. The third-order valence-electron chi connectivity index (χ3n) is 4.50.